The predicted octanol–water partition coefficient (Wildman–Crippen LogP) is 21.2. The second-order valence-corrected chi connectivity index (χ2v) is 18.6. The fraction of sp³-hybridized carbons (Fsp3) is 0.111. The van der Waals surface area contributed by atoms with Gasteiger partial charge in [-0.3, -0.25) is 0 Å². The predicted molar refractivity (Wildman–Crippen MR) is 323 cm³/mol. The molecule has 74 heavy (non-hydrogen) atoms. The van der Waals surface area contributed by atoms with E-state index in [1.54, 1.807) is 6.08 Å². The summed E-state index contributed by atoms with van der Waals surface area (Å²) >= 11 is 0. The minimum atomic E-state index is -0.0839. The van der Waals surface area contributed by atoms with Crippen LogP contribution >= 0.6 is 0 Å². The third-order valence-corrected chi connectivity index (χ3v) is 14.0. The van der Waals surface area contributed by atoms with Gasteiger partial charge in [0.15, 0.2) is 0 Å². The molecule has 12 rings (SSSR count). The van der Waals surface area contributed by atoms with Crippen LogP contribution in [0.1, 0.15) is 59.6 Å². The summed E-state index contributed by atoms with van der Waals surface area (Å²) in [5.74, 6) is 0. The second-order valence-electron chi connectivity index (χ2n) is 18.6. The zero-order valence-corrected chi connectivity index (χ0v) is 43.9. The van der Waals surface area contributed by atoms with Crippen LogP contribution in [0.15, 0.2) is 261 Å². The van der Waals surface area contributed by atoms with Gasteiger partial charge in [0, 0.05) is 44.3 Å². The van der Waals surface area contributed by atoms with Crippen LogP contribution in [0.25, 0.3) is 88.6 Å². The molecule has 0 amide bonds. The molecule has 0 atom stereocenters. The maximum atomic E-state index is 3.70. The second kappa shape index (κ2) is 22.8. The third-order valence-electron chi connectivity index (χ3n) is 14.0. The Hall–Kier alpha value is -8.72. The summed E-state index contributed by atoms with van der Waals surface area (Å²) in [6.45, 7) is 18.1. The maximum Gasteiger partial charge on any atom is 0.0544 e. The Bertz CT molecular complexity index is 3670. The van der Waals surface area contributed by atoms with Crippen molar-refractivity contribution in [3.8, 4) is 66.8 Å². The van der Waals surface area contributed by atoms with Gasteiger partial charge in [-0.25, -0.2) is 0 Å². The van der Waals surface area contributed by atoms with Gasteiger partial charge < -0.3 is 9.88 Å². The summed E-state index contributed by atoms with van der Waals surface area (Å²) in [7, 11) is 0. The third kappa shape index (κ3) is 10.0. The monoisotopic (exact) mass is 959 g/mol. The number of aromatic nitrogens is 1. The summed E-state index contributed by atoms with van der Waals surface area (Å²) in [5, 5.41) is 2.50. The van der Waals surface area contributed by atoms with Crippen molar-refractivity contribution < 1.29 is 0 Å². The van der Waals surface area contributed by atoms with E-state index in [-0.39, 0.29) is 5.41 Å². The molecule has 1 heterocycles. The molecular weight excluding hydrogens is 893 g/mol. The number of hydrogen-bond acceptors (Lipinski definition) is 1. The summed E-state index contributed by atoms with van der Waals surface area (Å²) < 4.78 is 0. The van der Waals surface area contributed by atoms with Crippen LogP contribution in [-0.4, -0.2) is 4.98 Å². The molecule has 2 nitrogen and oxygen atoms in total. The zero-order chi connectivity index (χ0) is 51.6. The Kier molecular flexibility index (Phi) is 15.5. The minimum Gasteiger partial charge on any atom is -0.354 e. The molecule has 0 radical (unpaired) electrons. The fourth-order valence-corrected chi connectivity index (χ4v) is 10.3. The van der Waals surface area contributed by atoms with E-state index in [1.165, 1.54) is 94.2 Å². The Morgan fingerprint density at radius 1 is 0.378 bits per heavy atom. The topological polar surface area (TPSA) is 19.0 Å². The molecule has 0 saturated heterocycles. The van der Waals surface area contributed by atoms with E-state index in [1.807, 2.05) is 46.8 Å². The number of nitrogens with zero attached hydrogens (tertiary/aromatic N) is 1. The van der Waals surface area contributed by atoms with Crippen LogP contribution in [0, 0.1) is 0 Å². The van der Waals surface area contributed by atoms with Crippen molar-refractivity contribution in [2.24, 2.45) is 0 Å². The molecule has 0 unspecified atom stereocenters. The van der Waals surface area contributed by atoms with Crippen molar-refractivity contribution in [2.45, 2.75) is 53.9 Å². The highest BCUT2D eigenvalue weighted by atomic mass is 15.1. The first-order valence-corrected chi connectivity index (χ1v) is 26.2. The molecule has 11 aromatic rings. The van der Waals surface area contributed by atoms with Crippen molar-refractivity contribution in [3.63, 3.8) is 0 Å². The van der Waals surface area contributed by atoms with Crippen LogP contribution in [0.4, 0.5) is 17.1 Å². The molecule has 364 valence electrons. The SMILES string of the molecule is C=C/C=C\C.CC.CC.CC1(C)c2ccc(-c3ccc(N(c4ccc(-c5ccccc5)cc4)c4ccc(-c5cccc(-c6cccc7c6[nH]c6ccccc67)c5)cc4)cc3)cc2-c2ccc(-c3ccccc3)cc21. The van der Waals surface area contributed by atoms with Crippen LogP contribution in [0.5, 0.6) is 0 Å². The van der Waals surface area contributed by atoms with E-state index in [2.05, 4.69) is 267 Å². The Balaban J connectivity index is 0.000000699. The Morgan fingerprint density at radius 2 is 0.824 bits per heavy atom. The highest BCUT2D eigenvalue weighted by Gasteiger charge is 2.35. The summed E-state index contributed by atoms with van der Waals surface area (Å²) in [6.07, 6.45) is 5.58. The van der Waals surface area contributed by atoms with Gasteiger partial charge in [0.1, 0.15) is 0 Å². The van der Waals surface area contributed by atoms with E-state index in [0.717, 1.165) is 22.6 Å². The lowest BCUT2D eigenvalue weighted by Crippen LogP contribution is -2.15. The molecule has 1 aliphatic rings. The average molecular weight is 959 g/mol. The Labute approximate surface area is 439 Å². The zero-order valence-electron chi connectivity index (χ0n) is 43.9. The molecule has 0 bridgehead atoms. The Morgan fingerprint density at radius 3 is 1.41 bits per heavy atom. The van der Waals surface area contributed by atoms with Crippen molar-refractivity contribution >= 4 is 38.9 Å². The number of H-pyrrole nitrogens is 1. The van der Waals surface area contributed by atoms with Crippen molar-refractivity contribution in [2.75, 3.05) is 4.90 Å². The maximum absolute atomic E-state index is 3.70. The molecule has 1 N–H and O–H groups in total. The largest absolute Gasteiger partial charge is 0.354 e. The molecular formula is C72H66N2. The number of nitrogens with one attached hydrogen (secondary N) is 1. The van der Waals surface area contributed by atoms with Crippen LogP contribution in [-0.2, 0) is 5.41 Å². The van der Waals surface area contributed by atoms with E-state index < -0.39 is 0 Å². The van der Waals surface area contributed by atoms with Gasteiger partial charge in [0.05, 0.1) is 5.52 Å². The number of para-hydroxylation sites is 2. The van der Waals surface area contributed by atoms with Gasteiger partial charge in [-0.2, -0.15) is 0 Å². The molecule has 0 aliphatic heterocycles. The first-order valence-electron chi connectivity index (χ1n) is 26.2. The first kappa shape index (κ1) is 50.2. The fourth-order valence-electron chi connectivity index (χ4n) is 10.3. The average Bonchev–Trinajstić information content (AvgIpc) is 3.97. The molecule has 1 aromatic heterocycles. The lowest BCUT2D eigenvalue weighted by atomic mass is 9.81. The number of hydrogen-bond donors (Lipinski definition) is 1. The number of aromatic amines is 1. The highest BCUT2D eigenvalue weighted by Crippen LogP contribution is 2.51. The lowest BCUT2D eigenvalue weighted by Gasteiger charge is -2.26. The quantitative estimate of drug-likeness (QED) is 0.143. The summed E-state index contributed by atoms with van der Waals surface area (Å²) in [4.78, 5) is 6.06. The van der Waals surface area contributed by atoms with Crippen LogP contribution in [0.3, 0.4) is 0 Å². The van der Waals surface area contributed by atoms with Gasteiger partial charge in [0.25, 0.3) is 0 Å². The van der Waals surface area contributed by atoms with E-state index in [4.69, 9.17) is 0 Å². The normalized spacial score (nSPS) is 11.8. The molecule has 0 fully saturated rings. The van der Waals surface area contributed by atoms with Crippen LogP contribution < -0.4 is 4.90 Å². The van der Waals surface area contributed by atoms with E-state index in [0.29, 0.717) is 0 Å². The standard InChI is InChI=1S/C63H46N2.C5H8.2C2H6/c1-63(2)59-38-30-48(40-58(59)55-37-29-49(41-60(55)63)43-15-7-4-8-16-43)46-27-35-53(36-28-46)65(51-31-23-44(24-32-51)42-13-5-3-6-14-42)52-33-25-45(26-34-52)47-17-11-18-50(39-47)54-20-12-21-57-56-19-9-10-22-61(56)64-62(54)57;1-3-5-4-2;2*1-2/h3-41,64H,1-2H3;3-5H,1H2,2H3;2*1-2H3/b;5-4-;;. The van der Waals surface area contributed by atoms with Crippen molar-refractivity contribution in [1.82, 2.24) is 4.98 Å². The van der Waals surface area contributed by atoms with Gasteiger partial charge in [-0.1, -0.05) is 242 Å². The van der Waals surface area contributed by atoms with E-state index >= 15 is 0 Å². The molecule has 2 heteroatoms. The first-order chi connectivity index (χ1) is 36.4. The number of rotatable bonds is 9. The molecule has 1 aliphatic carbocycles. The van der Waals surface area contributed by atoms with Gasteiger partial charge in [0.2, 0.25) is 0 Å². The summed E-state index contributed by atoms with van der Waals surface area (Å²) in [5.41, 5.74) is 23.1. The molecule has 0 saturated carbocycles. The molecule has 0 spiro atoms. The summed E-state index contributed by atoms with van der Waals surface area (Å²) in [6, 6.07) is 86.4. The van der Waals surface area contributed by atoms with Crippen LogP contribution in [0.2, 0.25) is 0 Å². The number of anilines is 3. The number of benzene rings is 10. The number of allylic oxidation sites excluding steroid dienone is 3. The van der Waals surface area contributed by atoms with E-state index in [9.17, 15) is 0 Å². The minimum absolute atomic E-state index is 0.0839. The number of fused-ring (bicyclic) bond motifs is 6. The van der Waals surface area contributed by atoms with Crippen molar-refractivity contribution in [1.29, 1.82) is 0 Å². The molecule has 10 aromatic carbocycles. The van der Waals surface area contributed by atoms with Gasteiger partial charge in [-0.15, -0.1) is 0 Å². The lowest BCUT2D eigenvalue weighted by molar-refractivity contribution is 0.660. The smallest absolute Gasteiger partial charge is 0.0544 e. The van der Waals surface area contributed by atoms with Crippen molar-refractivity contribution in [3.05, 3.63) is 273 Å². The van der Waals surface area contributed by atoms with Gasteiger partial charge >= 0.3 is 0 Å². The van der Waals surface area contributed by atoms with Gasteiger partial charge in [-0.05, 0) is 140 Å². The highest BCUT2D eigenvalue weighted by molar-refractivity contribution is 6.12.